The molecule has 61 heavy (non-hydrogen) atoms. The topological polar surface area (TPSA) is 6.48 Å². The maximum atomic E-state index is 2.48. The minimum atomic E-state index is -3.11. The van der Waals surface area contributed by atoms with Crippen LogP contribution in [0.4, 0.5) is 34.1 Å². The van der Waals surface area contributed by atoms with Gasteiger partial charge in [-0.1, -0.05) is 206 Å². The molecule has 0 amide bonds. The molecule has 0 unspecified atom stereocenters. The lowest BCUT2D eigenvalue weighted by Gasteiger charge is -2.38. The highest BCUT2D eigenvalue weighted by molar-refractivity contribution is 7.20. The van der Waals surface area contributed by atoms with Crippen LogP contribution in [0.2, 0.25) is 0 Å². The number of para-hydroxylation sites is 2. The van der Waals surface area contributed by atoms with Crippen molar-refractivity contribution in [2.24, 2.45) is 0 Å². The fraction of sp³-hybridized carbons (Fsp3) is 0. The predicted molar refractivity (Wildman–Crippen MR) is 263 cm³/mol. The van der Waals surface area contributed by atoms with Crippen LogP contribution < -0.4 is 30.5 Å². The van der Waals surface area contributed by atoms with Gasteiger partial charge in [0.15, 0.2) is 8.07 Å². The molecule has 1 heterocycles. The van der Waals surface area contributed by atoms with Crippen LogP contribution in [-0.4, -0.2) is 8.07 Å². The molecule has 3 heteroatoms. The summed E-state index contributed by atoms with van der Waals surface area (Å²) in [5.74, 6) is 0. The zero-order valence-electron chi connectivity index (χ0n) is 33.6. The number of hydrogen-bond donors (Lipinski definition) is 0. The van der Waals surface area contributed by atoms with Crippen molar-refractivity contribution in [3.8, 4) is 0 Å². The van der Waals surface area contributed by atoms with E-state index in [0.717, 1.165) is 34.1 Å². The van der Waals surface area contributed by atoms with Gasteiger partial charge in [-0.05, 0) is 91.2 Å². The normalized spacial score (nSPS) is 12.7. The van der Waals surface area contributed by atoms with Crippen molar-refractivity contribution in [3.63, 3.8) is 0 Å². The van der Waals surface area contributed by atoms with Gasteiger partial charge >= 0.3 is 0 Å². The molecule has 0 saturated heterocycles. The Morgan fingerprint density at radius 2 is 0.590 bits per heavy atom. The van der Waals surface area contributed by atoms with Crippen LogP contribution in [0.15, 0.2) is 243 Å². The van der Waals surface area contributed by atoms with Gasteiger partial charge in [0.2, 0.25) is 0 Å². The molecule has 0 N–H and O–H groups in total. The van der Waals surface area contributed by atoms with Crippen LogP contribution in [0.25, 0.3) is 33.7 Å². The molecule has 0 atom stereocenters. The Hall–Kier alpha value is -7.72. The fourth-order valence-corrected chi connectivity index (χ4v) is 14.9. The summed E-state index contributed by atoms with van der Waals surface area (Å²) >= 11 is 0. The van der Waals surface area contributed by atoms with Crippen molar-refractivity contribution in [1.82, 2.24) is 0 Å². The van der Waals surface area contributed by atoms with Crippen molar-refractivity contribution in [2.75, 3.05) is 9.80 Å². The van der Waals surface area contributed by atoms with E-state index in [2.05, 4.69) is 265 Å². The Morgan fingerprint density at radius 1 is 0.262 bits per heavy atom. The molecule has 10 aromatic carbocycles. The standard InChI is InChI=1S/C58H42N2Si/c1-5-25-45(26-6-1)59(53-35-17-23-43-21-13-15-33-49(43)53)55-37-19-39-57-51(55)41-42-52-56(60(46-27-7-2-8-28-46)54-36-18-24-44-22-14-16-34-50(44)54)38-20-40-58(52)61(57,47-29-9-3-10-30-47)48-31-11-4-12-32-48/h1-42H. The summed E-state index contributed by atoms with van der Waals surface area (Å²) in [7, 11) is -3.11. The largest absolute Gasteiger partial charge is 0.309 e. The number of hydrogen-bond acceptors (Lipinski definition) is 2. The number of fused-ring (bicyclic) bond motifs is 4. The van der Waals surface area contributed by atoms with Crippen LogP contribution in [0.3, 0.4) is 0 Å². The lowest BCUT2D eigenvalue weighted by molar-refractivity contribution is 1.29. The van der Waals surface area contributed by atoms with Crippen LogP contribution in [0.1, 0.15) is 11.1 Å². The van der Waals surface area contributed by atoms with E-state index in [9.17, 15) is 0 Å². The molecule has 10 aromatic rings. The molecule has 0 bridgehead atoms. The first-order valence-corrected chi connectivity index (χ1v) is 23.0. The summed E-state index contributed by atoms with van der Waals surface area (Å²) < 4.78 is 0. The van der Waals surface area contributed by atoms with Crippen LogP contribution in [0.5, 0.6) is 0 Å². The highest BCUT2D eigenvalue weighted by Gasteiger charge is 2.46. The van der Waals surface area contributed by atoms with Gasteiger partial charge < -0.3 is 9.80 Å². The SMILES string of the molecule is C1=Cc2c(N(c3ccccc3)c3cccc4ccccc34)cccc2[Si](c2ccccc2)(c2ccccc2)c2cccc(N(c3ccccc3)c3cccc4ccccc34)c21. The Balaban J connectivity index is 1.27. The van der Waals surface area contributed by atoms with E-state index in [4.69, 9.17) is 0 Å². The molecular weight excluding hydrogens is 753 g/mol. The van der Waals surface area contributed by atoms with Crippen molar-refractivity contribution in [2.45, 2.75) is 0 Å². The van der Waals surface area contributed by atoms with Gasteiger partial charge in [0.25, 0.3) is 0 Å². The van der Waals surface area contributed by atoms with E-state index >= 15 is 0 Å². The summed E-state index contributed by atoms with van der Waals surface area (Å²) in [6.07, 6.45) is 4.84. The van der Waals surface area contributed by atoms with Crippen molar-refractivity contribution >= 4 is 96.6 Å². The molecule has 2 nitrogen and oxygen atoms in total. The van der Waals surface area contributed by atoms with E-state index in [1.807, 2.05) is 0 Å². The Kier molecular flexibility index (Phi) is 9.22. The van der Waals surface area contributed by atoms with Crippen LogP contribution in [-0.2, 0) is 0 Å². The lowest BCUT2D eigenvalue weighted by Crippen LogP contribution is -2.75. The first kappa shape index (κ1) is 36.4. The number of nitrogens with zero attached hydrogens (tertiary/aromatic N) is 2. The second kappa shape index (κ2) is 15.5. The van der Waals surface area contributed by atoms with E-state index < -0.39 is 8.07 Å². The number of benzene rings is 10. The van der Waals surface area contributed by atoms with Gasteiger partial charge in [-0.25, -0.2) is 0 Å². The van der Waals surface area contributed by atoms with Gasteiger partial charge in [0.1, 0.15) is 0 Å². The summed E-state index contributed by atoms with van der Waals surface area (Å²) in [5, 5.41) is 10.2. The van der Waals surface area contributed by atoms with Gasteiger partial charge in [0.05, 0.1) is 22.7 Å². The smallest absolute Gasteiger partial charge is 0.180 e. The average molecular weight is 795 g/mol. The second-order valence-electron chi connectivity index (χ2n) is 15.6. The van der Waals surface area contributed by atoms with Crippen molar-refractivity contribution in [3.05, 3.63) is 254 Å². The van der Waals surface area contributed by atoms with Crippen LogP contribution in [0, 0.1) is 0 Å². The van der Waals surface area contributed by atoms with Crippen molar-refractivity contribution < 1.29 is 0 Å². The highest BCUT2D eigenvalue weighted by atomic mass is 28.3. The maximum Gasteiger partial charge on any atom is 0.180 e. The van der Waals surface area contributed by atoms with E-state index in [1.54, 1.807) is 0 Å². The molecule has 0 spiro atoms. The molecule has 1 aliphatic heterocycles. The zero-order valence-corrected chi connectivity index (χ0v) is 34.6. The van der Waals surface area contributed by atoms with E-state index in [1.165, 1.54) is 53.4 Å². The molecule has 0 radical (unpaired) electrons. The quantitative estimate of drug-likeness (QED) is 0.141. The Bertz CT molecular complexity index is 2970. The molecule has 0 aromatic heterocycles. The third kappa shape index (κ3) is 6.09. The fourth-order valence-electron chi connectivity index (χ4n) is 9.75. The van der Waals surface area contributed by atoms with E-state index in [0.29, 0.717) is 0 Å². The summed E-state index contributed by atoms with van der Waals surface area (Å²) in [6.45, 7) is 0. The van der Waals surface area contributed by atoms with Gasteiger partial charge in [-0.2, -0.15) is 0 Å². The lowest BCUT2D eigenvalue weighted by atomic mass is 10.0. The van der Waals surface area contributed by atoms with Gasteiger partial charge in [-0.15, -0.1) is 0 Å². The zero-order chi connectivity index (χ0) is 40.6. The average Bonchev–Trinajstić information content (AvgIpc) is 3.49. The molecular formula is C58H42N2Si. The minimum absolute atomic E-state index is 1.11. The first-order valence-electron chi connectivity index (χ1n) is 21.0. The highest BCUT2D eigenvalue weighted by Crippen LogP contribution is 2.44. The third-order valence-electron chi connectivity index (χ3n) is 12.3. The third-order valence-corrected chi connectivity index (χ3v) is 17.2. The molecule has 11 rings (SSSR count). The number of anilines is 6. The van der Waals surface area contributed by atoms with Crippen LogP contribution >= 0.6 is 0 Å². The van der Waals surface area contributed by atoms with Gasteiger partial charge in [-0.3, -0.25) is 0 Å². The van der Waals surface area contributed by atoms with Gasteiger partial charge in [0, 0.05) is 22.1 Å². The molecule has 0 aliphatic carbocycles. The second-order valence-corrected chi connectivity index (χ2v) is 19.4. The molecule has 1 aliphatic rings. The number of rotatable bonds is 8. The monoisotopic (exact) mass is 794 g/mol. The maximum absolute atomic E-state index is 3.11. The summed E-state index contributed by atoms with van der Waals surface area (Å²) in [6, 6.07) is 89.2. The first-order chi connectivity index (χ1) is 30.3. The predicted octanol–water partition coefficient (Wildman–Crippen LogP) is 12.8. The Morgan fingerprint density at radius 3 is 1.02 bits per heavy atom. The molecule has 0 fully saturated rings. The summed E-state index contributed by atoms with van der Waals surface area (Å²) in [4.78, 5) is 4.95. The Labute approximate surface area is 358 Å². The molecule has 288 valence electrons. The summed E-state index contributed by atoms with van der Waals surface area (Å²) in [5.41, 5.74) is 9.24. The molecule has 0 saturated carbocycles. The minimum Gasteiger partial charge on any atom is -0.309 e. The van der Waals surface area contributed by atoms with E-state index in [-0.39, 0.29) is 0 Å². The van der Waals surface area contributed by atoms with Crippen molar-refractivity contribution in [1.29, 1.82) is 0 Å².